The molecule has 4 heteroatoms. The van der Waals surface area contributed by atoms with Crippen LogP contribution in [0.25, 0.3) is 0 Å². The van der Waals surface area contributed by atoms with Gasteiger partial charge in [-0.2, -0.15) is 0 Å². The molecule has 0 saturated carbocycles. The third kappa shape index (κ3) is 4.29. The maximum atomic E-state index is 12.3. The van der Waals surface area contributed by atoms with Crippen molar-refractivity contribution in [3.63, 3.8) is 0 Å². The molecule has 0 radical (unpaired) electrons. The third-order valence-electron chi connectivity index (χ3n) is 4.47. The molecule has 0 bridgehead atoms. The average Bonchev–Trinajstić information content (AvgIpc) is 3.06. The van der Waals surface area contributed by atoms with Crippen LogP contribution in [-0.2, 0) is 4.79 Å². The summed E-state index contributed by atoms with van der Waals surface area (Å²) in [5, 5.41) is 3.05. The first-order valence-corrected chi connectivity index (χ1v) is 7.92. The molecule has 116 valence electrons. The highest BCUT2D eigenvalue weighted by atomic mass is 16.1. The summed E-state index contributed by atoms with van der Waals surface area (Å²) >= 11 is 0. The lowest BCUT2D eigenvalue weighted by Crippen LogP contribution is -2.43. The smallest absolute Gasteiger partial charge is 0.224 e. The third-order valence-corrected chi connectivity index (χ3v) is 4.47. The minimum Gasteiger partial charge on any atom is -0.354 e. The second-order valence-electron chi connectivity index (χ2n) is 6.06. The maximum Gasteiger partial charge on any atom is 0.224 e. The quantitative estimate of drug-likeness (QED) is 0.841. The van der Waals surface area contributed by atoms with E-state index in [0.717, 1.165) is 18.7 Å². The Morgan fingerprint density at radius 2 is 1.86 bits per heavy atom. The van der Waals surface area contributed by atoms with Crippen molar-refractivity contribution in [2.24, 2.45) is 11.7 Å². The molecule has 1 aliphatic rings. The van der Waals surface area contributed by atoms with Crippen molar-refractivity contribution in [3.05, 3.63) is 35.9 Å². The molecule has 4 nitrogen and oxygen atoms in total. The molecule has 1 fully saturated rings. The average molecular weight is 289 g/mol. The van der Waals surface area contributed by atoms with E-state index in [4.69, 9.17) is 5.73 Å². The molecule has 0 aromatic heterocycles. The number of carbonyl (C=O) groups excluding carboxylic acids is 1. The summed E-state index contributed by atoms with van der Waals surface area (Å²) in [5.74, 6) is -0.185. The van der Waals surface area contributed by atoms with Crippen LogP contribution in [0.15, 0.2) is 30.3 Å². The molecule has 3 unspecified atom stereocenters. The van der Waals surface area contributed by atoms with Crippen LogP contribution >= 0.6 is 0 Å². The van der Waals surface area contributed by atoms with E-state index in [1.165, 1.54) is 12.8 Å². The van der Waals surface area contributed by atoms with Gasteiger partial charge < -0.3 is 11.1 Å². The number of hydrogen-bond donors (Lipinski definition) is 2. The summed E-state index contributed by atoms with van der Waals surface area (Å²) < 4.78 is 0. The first-order chi connectivity index (χ1) is 10.1. The highest BCUT2D eigenvalue weighted by Crippen LogP contribution is 2.19. The van der Waals surface area contributed by atoms with Crippen molar-refractivity contribution in [1.82, 2.24) is 10.2 Å². The fourth-order valence-corrected chi connectivity index (χ4v) is 2.85. The molecule has 1 aliphatic heterocycles. The number of nitrogens with zero attached hydrogens (tertiary/aromatic N) is 1. The highest BCUT2D eigenvalue weighted by molar-refractivity contribution is 5.79. The van der Waals surface area contributed by atoms with E-state index in [9.17, 15) is 4.79 Å². The van der Waals surface area contributed by atoms with Gasteiger partial charge in [0.1, 0.15) is 0 Å². The summed E-state index contributed by atoms with van der Waals surface area (Å²) in [7, 11) is 0. The molecule has 3 atom stereocenters. The van der Waals surface area contributed by atoms with E-state index in [2.05, 4.69) is 17.1 Å². The second kappa shape index (κ2) is 7.57. The Morgan fingerprint density at radius 3 is 2.48 bits per heavy atom. The van der Waals surface area contributed by atoms with Gasteiger partial charge in [0, 0.05) is 18.6 Å². The predicted octanol–water partition coefficient (Wildman–Crippen LogP) is 1.92. The van der Waals surface area contributed by atoms with Crippen LogP contribution in [0.1, 0.15) is 38.3 Å². The van der Waals surface area contributed by atoms with Gasteiger partial charge in [0.05, 0.1) is 5.92 Å². The Morgan fingerprint density at radius 1 is 1.24 bits per heavy atom. The SMILES string of the molecule is CC(C(=O)NCC(C)N1CCCC1)C(N)c1ccccc1. The zero-order valence-corrected chi connectivity index (χ0v) is 13.1. The topological polar surface area (TPSA) is 58.4 Å². The van der Waals surface area contributed by atoms with Gasteiger partial charge in [0.2, 0.25) is 5.91 Å². The van der Waals surface area contributed by atoms with E-state index < -0.39 is 0 Å². The predicted molar refractivity (Wildman–Crippen MR) is 85.8 cm³/mol. The van der Waals surface area contributed by atoms with Crippen molar-refractivity contribution in [2.45, 2.75) is 38.8 Å². The minimum absolute atomic E-state index is 0.0393. The van der Waals surface area contributed by atoms with Crippen molar-refractivity contribution in [1.29, 1.82) is 0 Å². The van der Waals surface area contributed by atoms with Gasteiger partial charge in [-0.05, 0) is 38.4 Å². The Labute approximate surface area is 127 Å². The Bertz CT molecular complexity index is 443. The molecule has 21 heavy (non-hydrogen) atoms. The van der Waals surface area contributed by atoms with Crippen LogP contribution in [0.2, 0.25) is 0 Å². The molecule has 0 aliphatic carbocycles. The Balaban J connectivity index is 1.82. The molecule has 1 amide bonds. The number of amides is 1. The molecule has 1 aromatic rings. The number of hydrogen-bond acceptors (Lipinski definition) is 3. The van der Waals surface area contributed by atoms with E-state index in [1.54, 1.807) is 0 Å². The first-order valence-electron chi connectivity index (χ1n) is 7.92. The molecule has 3 N–H and O–H groups in total. The number of likely N-dealkylation sites (tertiary alicyclic amines) is 1. The van der Waals surface area contributed by atoms with Gasteiger partial charge in [-0.1, -0.05) is 37.3 Å². The van der Waals surface area contributed by atoms with Crippen LogP contribution in [0.5, 0.6) is 0 Å². The van der Waals surface area contributed by atoms with Crippen molar-refractivity contribution in [3.8, 4) is 0 Å². The second-order valence-corrected chi connectivity index (χ2v) is 6.06. The fraction of sp³-hybridized carbons (Fsp3) is 0.588. The number of rotatable bonds is 6. The molecule has 2 rings (SSSR count). The zero-order valence-electron chi connectivity index (χ0n) is 13.1. The molecule has 1 aromatic carbocycles. The number of nitrogens with one attached hydrogen (secondary N) is 1. The summed E-state index contributed by atoms with van der Waals surface area (Å²) in [6.07, 6.45) is 2.54. The molecular weight excluding hydrogens is 262 g/mol. The molecular formula is C17H27N3O. The van der Waals surface area contributed by atoms with E-state index in [0.29, 0.717) is 12.6 Å². The molecule has 1 saturated heterocycles. The van der Waals surface area contributed by atoms with Gasteiger partial charge in [-0.25, -0.2) is 0 Å². The lowest BCUT2D eigenvalue weighted by molar-refractivity contribution is -0.125. The van der Waals surface area contributed by atoms with Gasteiger partial charge in [0.25, 0.3) is 0 Å². The number of benzene rings is 1. The normalized spacial score (nSPS) is 20.0. The lowest BCUT2D eigenvalue weighted by atomic mass is 9.94. The van der Waals surface area contributed by atoms with Crippen LogP contribution in [-0.4, -0.2) is 36.5 Å². The van der Waals surface area contributed by atoms with Crippen molar-refractivity contribution >= 4 is 5.91 Å². The minimum atomic E-state index is -0.256. The van der Waals surface area contributed by atoms with E-state index >= 15 is 0 Å². The monoisotopic (exact) mass is 289 g/mol. The van der Waals surface area contributed by atoms with Crippen LogP contribution in [0.3, 0.4) is 0 Å². The Kier molecular flexibility index (Phi) is 5.76. The Hall–Kier alpha value is -1.39. The number of carbonyl (C=O) groups is 1. The van der Waals surface area contributed by atoms with Crippen molar-refractivity contribution < 1.29 is 4.79 Å². The highest BCUT2D eigenvalue weighted by Gasteiger charge is 2.23. The zero-order chi connectivity index (χ0) is 15.2. The van der Waals surface area contributed by atoms with Crippen molar-refractivity contribution in [2.75, 3.05) is 19.6 Å². The summed E-state index contributed by atoms with van der Waals surface area (Å²) in [6.45, 7) is 7.07. The number of nitrogens with two attached hydrogens (primary N) is 1. The summed E-state index contributed by atoms with van der Waals surface area (Å²) in [4.78, 5) is 14.7. The van der Waals surface area contributed by atoms with Crippen LogP contribution in [0.4, 0.5) is 0 Å². The summed E-state index contributed by atoms with van der Waals surface area (Å²) in [5.41, 5.74) is 7.20. The van der Waals surface area contributed by atoms with Gasteiger partial charge in [-0.15, -0.1) is 0 Å². The van der Waals surface area contributed by atoms with E-state index in [-0.39, 0.29) is 17.9 Å². The van der Waals surface area contributed by atoms with Gasteiger partial charge in [0.15, 0.2) is 0 Å². The standard InChI is InChI=1S/C17H27N3O/c1-13(20-10-6-7-11-20)12-19-17(21)14(2)16(18)15-8-4-3-5-9-15/h3-5,8-9,13-14,16H,6-7,10-12,18H2,1-2H3,(H,19,21). The van der Waals surface area contributed by atoms with Gasteiger partial charge in [-0.3, -0.25) is 9.69 Å². The van der Waals surface area contributed by atoms with E-state index in [1.807, 2.05) is 37.3 Å². The largest absolute Gasteiger partial charge is 0.354 e. The van der Waals surface area contributed by atoms with Crippen LogP contribution < -0.4 is 11.1 Å². The van der Waals surface area contributed by atoms with Gasteiger partial charge >= 0.3 is 0 Å². The fourth-order valence-electron chi connectivity index (χ4n) is 2.85. The van der Waals surface area contributed by atoms with Crippen LogP contribution in [0, 0.1) is 5.92 Å². The first kappa shape index (κ1) is 16.0. The molecule has 1 heterocycles. The maximum absolute atomic E-state index is 12.3. The lowest BCUT2D eigenvalue weighted by Gasteiger charge is -2.25. The summed E-state index contributed by atoms with van der Waals surface area (Å²) in [6, 6.07) is 9.95. The molecule has 0 spiro atoms.